The summed E-state index contributed by atoms with van der Waals surface area (Å²) in [5.41, 5.74) is 14.9. The Hall–Kier alpha value is -3.18. The predicted octanol–water partition coefficient (Wildman–Crippen LogP) is -1.18. The van der Waals surface area contributed by atoms with Crippen molar-refractivity contribution >= 4 is 23.8 Å². The third kappa shape index (κ3) is 7.68. The van der Waals surface area contributed by atoms with Crippen LogP contribution in [-0.4, -0.2) is 68.5 Å². The van der Waals surface area contributed by atoms with Crippen molar-refractivity contribution in [1.29, 1.82) is 0 Å². The average molecular weight is 425 g/mol. The summed E-state index contributed by atoms with van der Waals surface area (Å²) in [6, 6.07) is 7.74. The molecule has 30 heavy (non-hydrogen) atoms. The summed E-state index contributed by atoms with van der Waals surface area (Å²) in [6.45, 7) is 1.48. The van der Waals surface area contributed by atoms with Crippen LogP contribution < -0.4 is 27.8 Å². The minimum absolute atomic E-state index is 0.296. The van der Waals surface area contributed by atoms with Crippen molar-refractivity contribution in [2.45, 2.75) is 31.5 Å². The monoisotopic (exact) mass is 424 g/mol. The third-order valence-corrected chi connectivity index (χ3v) is 4.14. The number of ether oxygens (including phenoxy) is 1. The molecular weight excluding hydrogens is 392 g/mol. The Kier molecular flexibility index (Phi) is 12.4. The van der Waals surface area contributed by atoms with E-state index in [-0.39, 0.29) is 19.0 Å². The number of carbonyl (C=O) groups excluding carboxylic acids is 4. The van der Waals surface area contributed by atoms with Crippen LogP contribution in [0.5, 0.6) is 0 Å². The van der Waals surface area contributed by atoms with Crippen molar-refractivity contribution in [3.05, 3.63) is 35.9 Å². The topological polar surface area (TPSA) is 183 Å². The number of hydrogen-bond donors (Lipinski definition) is 5. The Morgan fingerprint density at radius 2 is 1.70 bits per heavy atom. The fraction of sp³-hybridized carbons (Fsp3) is 0.474. The van der Waals surface area contributed by atoms with E-state index in [2.05, 4.69) is 22.1 Å². The molecule has 0 radical (unpaired) electrons. The van der Waals surface area contributed by atoms with Gasteiger partial charge in [-0.3, -0.25) is 19.3 Å². The number of likely N-dealkylation sites (N-methyl/N-ethyl adjacent to an activating group) is 1. The highest BCUT2D eigenvalue weighted by Crippen LogP contribution is 2.31. The second kappa shape index (κ2) is 13.9. The minimum Gasteiger partial charge on any atom is -0.439 e. The maximum atomic E-state index is 12.3. The molecule has 1 saturated heterocycles. The van der Waals surface area contributed by atoms with Crippen LogP contribution in [0.4, 0.5) is 4.79 Å². The highest BCUT2D eigenvalue weighted by molar-refractivity contribution is 5.92. The molecular formula is C19H32N6O5. The van der Waals surface area contributed by atoms with Gasteiger partial charge in [-0.1, -0.05) is 30.3 Å². The van der Waals surface area contributed by atoms with Crippen LogP contribution in [0.15, 0.2) is 30.3 Å². The van der Waals surface area contributed by atoms with Crippen LogP contribution in [-0.2, 0) is 19.1 Å². The van der Waals surface area contributed by atoms with Gasteiger partial charge in [-0.25, -0.2) is 4.79 Å². The zero-order valence-electron chi connectivity index (χ0n) is 17.8. The van der Waals surface area contributed by atoms with E-state index >= 15 is 0 Å². The maximum Gasteiger partial charge on any atom is 0.411 e. The molecule has 0 bridgehead atoms. The second-order valence-corrected chi connectivity index (χ2v) is 5.99. The van der Waals surface area contributed by atoms with Crippen LogP contribution in [0.3, 0.4) is 0 Å². The van der Waals surface area contributed by atoms with Crippen LogP contribution in [0, 0.1) is 0 Å². The van der Waals surface area contributed by atoms with Crippen molar-refractivity contribution in [3.8, 4) is 0 Å². The summed E-state index contributed by atoms with van der Waals surface area (Å²) in [5.74, 6) is -1.86. The van der Waals surface area contributed by atoms with E-state index in [0.717, 1.165) is 5.56 Å². The molecule has 0 aromatic heterocycles. The molecule has 0 aliphatic carbocycles. The lowest BCUT2D eigenvalue weighted by Crippen LogP contribution is -2.51. The number of hydrogen-bond acceptors (Lipinski definition) is 7. The third-order valence-electron chi connectivity index (χ3n) is 4.14. The molecule has 1 aromatic carbocycles. The molecule has 2 rings (SSSR count). The lowest BCUT2D eigenvalue weighted by molar-refractivity contribution is -0.131. The SMILES string of the molecule is CN.CN.CNC(=O)[C@H](CC(N)=O)NC(=O)CN1C(=O)O[C@H](c2ccccc2)[C@@H]1C. The van der Waals surface area contributed by atoms with E-state index in [1.165, 1.54) is 26.0 Å². The summed E-state index contributed by atoms with van der Waals surface area (Å²) < 4.78 is 5.36. The summed E-state index contributed by atoms with van der Waals surface area (Å²) >= 11 is 0. The molecule has 0 spiro atoms. The lowest BCUT2D eigenvalue weighted by Gasteiger charge is -2.22. The number of nitrogens with zero attached hydrogens (tertiary/aromatic N) is 1. The summed E-state index contributed by atoms with van der Waals surface area (Å²) in [7, 11) is 4.38. The number of nitrogens with two attached hydrogens (primary N) is 3. The number of carbonyl (C=O) groups is 4. The normalized spacial score (nSPS) is 17.9. The predicted molar refractivity (Wildman–Crippen MR) is 112 cm³/mol. The van der Waals surface area contributed by atoms with Gasteiger partial charge < -0.3 is 32.6 Å². The van der Waals surface area contributed by atoms with Gasteiger partial charge >= 0.3 is 6.09 Å². The fourth-order valence-electron chi connectivity index (χ4n) is 2.78. The molecule has 0 saturated carbocycles. The quantitative estimate of drug-likeness (QED) is 0.365. The zero-order chi connectivity index (χ0) is 23.3. The molecule has 1 aliphatic rings. The van der Waals surface area contributed by atoms with Crippen LogP contribution in [0.1, 0.15) is 25.0 Å². The number of rotatable bonds is 7. The highest BCUT2D eigenvalue weighted by Gasteiger charge is 2.40. The molecule has 0 unspecified atom stereocenters. The van der Waals surface area contributed by atoms with Gasteiger partial charge in [0.25, 0.3) is 0 Å². The Morgan fingerprint density at radius 3 is 2.20 bits per heavy atom. The smallest absolute Gasteiger partial charge is 0.411 e. The number of benzene rings is 1. The summed E-state index contributed by atoms with van der Waals surface area (Å²) in [6.07, 6.45) is -1.44. The van der Waals surface area contributed by atoms with Gasteiger partial charge in [0.05, 0.1) is 12.5 Å². The first kappa shape index (κ1) is 26.8. The fourth-order valence-corrected chi connectivity index (χ4v) is 2.78. The largest absolute Gasteiger partial charge is 0.439 e. The van der Waals surface area contributed by atoms with Crippen molar-refractivity contribution in [2.75, 3.05) is 27.7 Å². The molecule has 3 atom stereocenters. The first-order chi connectivity index (χ1) is 14.3. The van der Waals surface area contributed by atoms with Gasteiger partial charge in [0.1, 0.15) is 18.7 Å². The van der Waals surface area contributed by atoms with E-state index in [0.29, 0.717) is 0 Å². The molecule has 8 N–H and O–H groups in total. The Labute approximate surface area is 176 Å². The van der Waals surface area contributed by atoms with Crippen LogP contribution >= 0.6 is 0 Å². The van der Waals surface area contributed by atoms with E-state index in [1.54, 1.807) is 6.92 Å². The van der Waals surface area contributed by atoms with Crippen molar-refractivity contribution in [3.63, 3.8) is 0 Å². The average Bonchev–Trinajstić information content (AvgIpc) is 3.04. The van der Waals surface area contributed by atoms with Gasteiger partial charge in [-0.2, -0.15) is 0 Å². The van der Waals surface area contributed by atoms with Crippen molar-refractivity contribution in [1.82, 2.24) is 15.5 Å². The highest BCUT2D eigenvalue weighted by atomic mass is 16.6. The Balaban J connectivity index is 0.00000198. The Bertz CT molecular complexity index is 700. The number of amides is 4. The standard InChI is InChI=1S/C17H22N4O5.2CH5N/c1-10-15(11-6-4-3-5-7-11)26-17(25)21(10)9-14(23)20-12(8-13(18)22)16(24)19-2;2*1-2/h3-7,10,12,15H,8-9H2,1-2H3,(H2,18,22)(H,19,24)(H,20,23);2*2H2,1H3/t10-,12-,15-;;/m0../s1. The van der Waals surface area contributed by atoms with Crippen LogP contribution in [0.2, 0.25) is 0 Å². The first-order valence-electron chi connectivity index (χ1n) is 9.30. The molecule has 1 aromatic rings. The van der Waals surface area contributed by atoms with Gasteiger partial charge in [-0.05, 0) is 26.6 Å². The molecule has 168 valence electrons. The minimum atomic E-state index is -1.09. The van der Waals surface area contributed by atoms with E-state index < -0.39 is 36.0 Å². The first-order valence-corrected chi connectivity index (χ1v) is 9.30. The van der Waals surface area contributed by atoms with Gasteiger partial charge in [0, 0.05) is 7.05 Å². The molecule has 11 nitrogen and oxygen atoms in total. The van der Waals surface area contributed by atoms with E-state index in [4.69, 9.17) is 10.5 Å². The van der Waals surface area contributed by atoms with E-state index in [1.807, 2.05) is 30.3 Å². The maximum absolute atomic E-state index is 12.3. The zero-order valence-corrected chi connectivity index (χ0v) is 17.8. The van der Waals surface area contributed by atoms with Gasteiger partial charge in [0.15, 0.2) is 0 Å². The second-order valence-electron chi connectivity index (χ2n) is 5.99. The number of cyclic esters (lactones) is 1. The molecule has 1 heterocycles. The molecule has 11 heteroatoms. The number of nitrogens with one attached hydrogen (secondary N) is 2. The van der Waals surface area contributed by atoms with Crippen LogP contribution in [0.25, 0.3) is 0 Å². The lowest BCUT2D eigenvalue weighted by atomic mass is 10.0. The van der Waals surface area contributed by atoms with Crippen molar-refractivity contribution < 1.29 is 23.9 Å². The Morgan fingerprint density at radius 1 is 1.13 bits per heavy atom. The molecule has 1 fully saturated rings. The summed E-state index contributed by atoms with van der Waals surface area (Å²) in [5, 5.41) is 4.77. The van der Waals surface area contributed by atoms with Gasteiger partial charge in [0.2, 0.25) is 17.7 Å². The summed E-state index contributed by atoms with van der Waals surface area (Å²) in [4.78, 5) is 48.5. The van der Waals surface area contributed by atoms with Crippen molar-refractivity contribution in [2.24, 2.45) is 17.2 Å². The van der Waals surface area contributed by atoms with Gasteiger partial charge in [-0.15, -0.1) is 0 Å². The molecule has 1 aliphatic heterocycles. The van der Waals surface area contributed by atoms with E-state index in [9.17, 15) is 19.2 Å². The number of primary amides is 1. The molecule has 4 amide bonds.